The Morgan fingerprint density at radius 2 is 2.33 bits per heavy atom. The molecule has 0 rings (SSSR count). The van der Waals surface area contributed by atoms with Crippen LogP contribution in [-0.4, -0.2) is 0 Å². The van der Waals surface area contributed by atoms with Gasteiger partial charge in [0.2, 0.25) is 0 Å². The molecule has 0 spiro atoms. The van der Waals surface area contributed by atoms with Crippen LogP contribution in [0, 0.1) is 5.53 Å². The molecule has 0 aromatic carbocycles. The Morgan fingerprint density at radius 1 is 1.67 bits per heavy atom. The summed E-state index contributed by atoms with van der Waals surface area (Å²) in [6, 6.07) is 0. The van der Waals surface area contributed by atoms with Crippen LogP contribution in [0.1, 0.15) is 20.3 Å². The summed E-state index contributed by atoms with van der Waals surface area (Å²) >= 11 is 0. The second-order valence-corrected chi connectivity index (χ2v) is 1.81. The minimum absolute atomic E-state index is 1.02. The molecule has 9 heavy (non-hydrogen) atoms. The molecule has 0 aliphatic carbocycles. The molecule has 0 aliphatic rings. The molecule has 50 valence electrons. The van der Waals surface area contributed by atoms with E-state index in [2.05, 4.69) is 12.0 Å². The first-order chi connectivity index (χ1) is 4.31. The summed E-state index contributed by atoms with van der Waals surface area (Å²) in [6.07, 6.45) is 6.55. The van der Waals surface area contributed by atoms with Gasteiger partial charge in [0.1, 0.15) is 0 Å². The van der Waals surface area contributed by atoms with Gasteiger partial charge in [0.15, 0.2) is 0 Å². The lowest BCUT2D eigenvalue weighted by Crippen LogP contribution is -1.63. The van der Waals surface area contributed by atoms with Crippen molar-refractivity contribution in [2.24, 2.45) is 5.11 Å². The number of nitrogens with one attached hydrogen (secondary N) is 1. The monoisotopic (exact) mass is 124 g/mol. The third-order valence-electron chi connectivity index (χ3n) is 0.885. The van der Waals surface area contributed by atoms with Gasteiger partial charge < -0.3 is 0 Å². The van der Waals surface area contributed by atoms with Crippen LogP contribution in [0.15, 0.2) is 29.0 Å². The number of allylic oxidation sites excluding steroid dienone is 3. The quantitative estimate of drug-likeness (QED) is 0.443. The van der Waals surface area contributed by atoms with E-state index in [1.807, 2.05) is 19.1 Å². The molecule has 2 heteroatoms. The molecule has 0 heterocycles. The molecule has 0 bridgehead atoms. The summed E-state index contributed by atoms with van der Waals surface area (Å²) in [5, 5.41) is 3.13. The molecule has 0 unspecified atom stereocenters. The Bertz CT molecular complexity index is 134. The third kappa shape index (κ3) is 4.94. The van der Waals surface area contributed by atoms with Gasteiger partial charge in [-0.15, -0.1) is 0 Å². The van der Waals surface area contributed by atoms with Crippen LogP contribution >= 0.6 is 0 Å². The van der Waals surface area contributed by atoms with E-state index < -0.39 is 0 Å². The van der Waals surface area contributed by atoms with Crippen molar-refractivity contribution in [3.05, 3.63) is 23.9 Å². The van der Waals surface area contributed by atoms with Crippen molar-refractivity contribution in [2.75, 3.05) is 0 Å². The van der Waals surface area contributed by atoms with Gasteiger partial charge in [-0.25, -0.2) is 5.53 Å². The van der Waals surface area contributed by atoms with Crippen LogP contribution < -0.4 is 0 Å². The largest absolute Gasteiger partial charge is 0.205 e. The van der Waals surface area contributed by atoms with Crippen molar-refractivity contribution in [3.63, 3.8) is 0 Å². The van der Waals surface area contributed by atoms with Crippen LogP contribution in [0.25, 0.3) is 0 Å². The predicted octanol–water partition coefficient (Wildman–Crippen LogP) is 2.89. The van der Waals surface area contributed by atoms with Crippen molar-refractivity contribution in [2.45, 2.75) is 20.3 Å². The number of hydrogen-bond acceptors (Lipinski definition) is 2. The predicted molar refractivity (Wildman–Crippen MR) is 38.3 cm³/mol. The van der Waals surface area contributed by atoms with E-state index in [4.69, 9.17) is 5.53 Å². The van der Waals surface area contributed by atoms with Gasteiger partial charge in [-0.2, -0.15) is 5.11 Å². The first kappa shape index (κ1) is 8.08. The molecular weight excluding hydrogens is 112 g/mol. The lowest BCUT2D eigenvalue weighted by molar-refractivity contribution is 1.12. The Labute approximate surface area is 55.8 Å². The highest BCUT2D eigenvalue weighted by Gasteiger charge is 1.75. The standard InChI is InChI=1S/C7H12N2/c1-3-4-5-7(2)6-9-8/h4-6,8H,3H2,1-2H3. The smallest absolute Gasteiger partial charge is 0.0517 e. The van der Waals surface area contributed by atoms with E-state index in [1.54, 1.807) is 0 Å². The summed E-state index contributed by atoms with van der Waals surface area (Å²) in [5.41, 5.74) is 7.50. The molecule has 0 radical (unpaired) electrons. The zero-order valence-corrected chi connectivity index (χ0v) is 5.89. The lowest BCUT2D eigenvalue weighted by atomic mass is 10.3. The van der Waals surface area contributed by atoms with Crippen LogP contribution in [-0.2, 0) is 0 Å². The van der Waals surface area contributed by atoms with Gasteiger partial charge in [-0.1, -0.05) is 19.1 Å². The molecule has 0 saturated heterocycles. The normalized spacial score (nSPS) is 12.4. The lowest BCUT2D eigenvalue weighted by Gasteiger charge is -1.83. The Kier molecular flexibility index (Phi) is 4.69. The number of nitrogens with zero attached hydrogens (tertiary/aromatic N) is 1. The van der Waals surface area contributed by atoms with Gasteiger partial charge in [-0.05, 0) is 18.9 Å². The zero-order chi connectivity index (χ0) is 7.11. The molecule has 0 aromatic rings. The van der Waals surface area contributed by atoms with Crippen molar-refractivity contribution >= 4 is 0 Å². The third-order valence-corrected chi connectivity index (χ3v) is 0.885. The molecule has 1 N–H and O–H groups in total. The average Bonchev–Trinajstić information content (AvgIpc) is 1.85. The van der Waals surface area contributed by atoms with Gasteiger partial charge in [0.05, 0.1) is 6.20 Å². The summed E-state index contributed by atoms with van der Waals surface area (Å²) in [4.78, 5) is 0. The van der Waals surface area contributed by atoms with Crippen LogP contribution in [0.2, 0.25) is 0 Å². The fourth-order valence-corrected chi connectivity index (χ4v) is 0.449. The van der Waals surface area contributed by atoms with Crippen molar-refractivity contribution in [1.29, 1.82) is 5.53 Å². The van der Waals surface area contributed by atoms with Crippen LogP contribution in [0.5, 0.6) is 0 Å². The van der Waals surface area contributed by atoms with E-state index in [9.17, 15) is 0 Å². The second-order valence-electron chi connectivity index (χ2n) is 1.81. The van der Waals surface area contributed by atoms with E-state index in [0.29, 0.717) is 0 Å². The van der Waals surface area contributed by atoms with Gasteiger partial charge in [-0.3, -0.25) is 0 Å². The SMILES string of the molecule is CCC=CC(C)=CN=N. The highest BCUT2D eigenvalue weighted by Crippen LogP contribution is 1.95. The van der Waals surface area contributed by atoms with E-state index in [-0.39, 0.29) is 0 Å². The minimum Gasteiger partial charge on any atom is -0.205 e. The number of rotatable bonds is 3. The summed E-state index contributed by atoms with van der Waals surface area (Å²) in [7, 11) is 0. The zero-order valence-electron chi connectivity index (χ0n) is 5.89. The fourth-order valence-electron chi connectivity index (χ4n) is 0.449. The first-order valence-corrected chi connectivity index (χ1v) is 3.01. The average molecular weight is 124 g/mol. The van der Waals surface area contributed by atoms with Crippen LogP contribution in [0.3, 0.4) is 0 Å². The maximum Gasteiger partial charge on any atom is 0.0517 e. The Balaban J connectivity index is 3.74. The number of hydrogen-bond donors (Lipinski definition) is 1. The molecule has 2 nitrogen and oxygen atoms in total. The molecule has 0 fully saturated rings. The van der Waals surface area contributed by atoms with E-state index >= 15 is 0 Å². The van der Waals surface area contributed by atoms with Gasteiger partial charge in [0.25, 0.3) is 0 Å². The Morgan fingerprint density at radius 3 is 2.78 bits per heavy atom. The summed E-state index contributed by atoms with van der Waals surface area (Å²) in [6.45, 7) is 3.99. The second kappa shape index (κ2) is 5.22. The maximum atomic E-state index is 6.48. The Hall–Kier alpha value is -0.920. The molecule has 0 aliphatic heterocycles. The highest BCUT2D eigenvalue weighted by molar-refractivity contribution is 5.14. The molecule has 0 saturated carbocycles. The summed E-state index contributed by atoms with van der Waals surface area (Å²) in [5.74, 6) is 0. The minimum atomic E-state index is 1.02. The highest BCUT2D eigenvalue weighted by atomic mass is 14.9. The van der Waals surface area contributed by atoms with E-state index in [1.165, 1.54) is 6.20 Å². The van der Waals surface area contributed by atoms with Crippen molar-refractivity contribution in [1.82, 2.24) is 0 Å². The molecule has 0 amide bonds. The molecule has 0 aromatic heterocycles. The maximum absolute atomic E-state index is 6.48. The first-order valence-electron chi connectivity index (χ1n) is 3.01. The fraction of sp³-hybridized carbons (Fsp3) is 0.429. The van der Waals surface area contributed by atoms with Crippen LogP contribution in [0.4, 0.5) is 0 Å². The molecule has 0 atom stereocenters. The topological polar surface area (TPSA) is 36.2 Å². The van der Waals surface area contributed by atoms with Crippen molar-refractivity contribution in [3.8, 4) is 0 Å². The summed E-state index contributed by atoms with van der Waals surface area (Å²) < 4.78 is 0. The van der Waals surface area contributed by atoms with Gasteiger partial charge in [0, 0.05) is 0 Å². The van der Waals surface area contributed by atoms with Gasteiger partial charge >= 0.3 is 0 Å². The molecular formula is C7H12N2. The van der Waals surface area contributed by atoms with E-state index in [0.717, 1.165) is 12.0 Å². The van der Waals surface area contributed by atoms with Crippen molar-refractivity contribution < 1.29 is 0 Å².